The van der Waals surface area contributed by atoms with Crippen LogP contribution in [0.2, 0.25) is 0 Å². The number of amides is 2. The number of thiophene rings is 2. The molecule has 0 bridgehead atoms. The predicted molar refractivity (Wildman–Crippen MR) is 128 cm³/mol. The van der Waals surface area contributed by atoms with Gasteiger partial charge in [-0.15, -0.1) is 22.7 Å². The molecule has 3 aromatic rings. The number of nitriles is 1. The fourth-order valence-electron chi connectivity index (χ4n) is 3.49. The van der Waals surface area contributed by atoms with Gasteiger partial charge in [0, 0.05) is 27.3 Å². The van der Waals surface area contributed by atoms with Crippen molar-refractivity contribution >= 4 is 45.8 Å². The topological polar surface area (TPSA) is 82.4 Å². The van der Waals surface area contributed by atoms with Crippen LogP contribution in [0, 0.1) is 11.3 Å². The van der Waals surface area contributed by atoms with Crippen molar-refractivity contribution in [1.82, 2.24) is 4.90 Å². The number of nitrogens with one attached hydrogen (secondary N) is 1. The summed E-state index contributed by atoms with van der Waals surface area (Å²) in [6.45, 7) is 2.97. The fraction of sp³-hybridized carbons (Fsp3) is 0.208. The third-order valence-corrected chi connectivity index (χ3v) is 7.25. The van der Waals surface area contributed by atoms with Gasteiger partial charge >= 0.3 is 6.09 Å². The van der Waals surface area contributed by atoms with E-state index in [0.29, 0.717) is 36.7 Å². The van der Waals surface area contributed by atoms with Gasteiger partial charge in [-0.25, -0.2) is 4.79 Å². The molecule has 0 unspecified atom stereocenters. The van der Waals surface area contributed by atoms with Gasteiger partial charge in [0.1, 0.15) is 11.1 Å². The summed E-state index contributed by atoms with van der Waals surface area (Å²) < 4.78 is 5.08. The summed E-state index contributed by atoms with van der Waals surface area (Å²) in [6.07, 6.45) is 3.46. The lowest BCUT2D eigenvalue weighted by Crippen LogP contribution is -2.35. The number of nitrogens with zero attached hydrogens (tertiary/aromatic N) is 2. The van der Waals surface area contributed by atoms with Crippen LogP contribution in [0.25, 0.3) is 16.5 Å². The monoisotopic (exact) mass is 463 g/mol. The molecule has 8 heteroatoms. The van der Waals surface area contributed by atoms with Gasteiger partial charge in [-0.05, 0) is 42.7 Å². The van der Waals surface area contributed by atoms with E-state index in [1.807, 2.05) is 30.3 Å². The first-order valence-corrected chi connectivity index (χ1v) is 11.8. The van der Waals surface area contributed by atoms with E-state index in [2.05, 4.69) is 23.5 Å². The number of carbonyl (C=O) groups is 2. The van der Waals surface area contributed by atoms with Gasteiger partial charge < -0.3 is 15.0 Å². The van der Waals surface area contributed by atoms with Gasteiger partial charge in [0.25, 0.3) is 0 Å². The first-order valence-electron chi connectivity index (χ1n) is 10.2. The highest BCUT2D eigenvalue weighted by atomic mass is 32.1. The molecule has 2 aromatic heterocycles. The lowest BCUT2D eigenvalue weighted by atomic mass is 10.0. The molecule has 0 radical (unpaired) electrons. The van der Waals surface area contributed by atoms with Crippen LogP contribution >= 0.6 is 22.7 Å². The lowest BCUT2D eigenvalue weighted by molar-refractivity contribution is -0.111. The van der Waals surface area contributed by atoms with Crippen molar-refractivity contribution in [2.24, 2.45) is 0 Å². The van der Waals surface area contributed by atoms with E-state index >= 15 is 0 Å². The van der Waals surface area contributed by atoms with Crippen molar-refractivity contribution in [3.63, 3.8) is 0 Å². The third kappa shape index (κ3) is 4.74. The normalized spacial score (nSPS) is 12.9. The standard InChI is InChI=1S/C24H21N3O3S2/c1-2-30-24(29)27-13-12-18-19(14-25)23(32-21(18)15-27)26-22(28)11-9-17-8-10-20(31-17)16-6-4-3-5-7-16/h3-11H,2,12-13,15H2,1H3,(H,26,28)/b11-9+. The first-order chi connectivity index (χ1) is 15.6. The Hall–Kier alpha value is -3.41. The average molecular weight is 464 g/mol. The first kappa shape index (κ1) is 21.8. The molecule has 1 aromatic carbocycles. The summed E-state index contributed by atoms with van der Waals surface area (Å²) in [5.74, 6) is -0.294. The molecule has 6 nitrogen and oxygen atoms in total. The molecule has 1 aliphatic heterocycles. The van der Waals surface area contributed by atoms with Crippen molar-refractivity contribution in [1.29, 1.82) is 5.26 Å². The lowest BCUT2D eigenvalue weighted by Gasteiger charge is -2.25. The molecule has 0 atom stereocenters. The van der Waals surface area contributed by atoms with Crippen molar-refractivity contribution in [3.05, 3.63) is 69.4 Å². The quantitative estimate of drug-likeness (QED) is 0.506. The second-order valence-electron chi connectivity index (χ2n) is 7.08. The maximum absolute atomic E-state index is 12.5. The van der Waals surface area contributed by atoms with Gasteiger partial charge in [0.05, 0.1) is 18.7 Å². The van der Waals surface area contributed by atoms with E-state index in [4.69, 9.17) is 4.74 Å². The van der Waals surface area contributed by atoms with Gasteiger partial charge in [-0.2, -0.15) is 5.26 Å². The summed E-state index contributed by atoms with van der Waals surface area (Å²) in [4.78, 5) is 29.2. The van der Waals surface area contributed by atoms with Gasteiger partial charge in [0.15, 0.2) is 0 Å². The zero-order valence-corrected chi connectivity index (χ0v) is 19.1. The van der Waals surface area contributed by atoms with Crippen LogP contribution in [-0.2, 0) is 22.5 Å². The smallest absolute Gasteiger partial charge is 0.410 e. The van der Waals surface area contributed by atoms with Crippen molar-refractivity contribution in [2.45, 2.75) is 19.9 Å². The van der Waals surface area contributed by atoms with E-state index in [0.717, 1.165) is 25.8 Å². The Kier molecular flexibility index (Phi) is 6.69. The molecule has 0 aliphatic carbocycles. The highest BCUT2D eigenvalue weighted by Gasteiger charge is 2.27. The number of anilines is 1. The van der Waals surface area contributed by atoms with Gasteiger partial charge in [-0.3, -0.25) is 4.79 Å². The molecule has 32 heavy (non-hydrogen) atoms. The summed E-state index contributed by atoms with van der Waals surface area (Å²) >= 11 is 2.95. The molecule has 1 aliphatic rings. The van der Waals surface area contributed by atoms with Crippen LogP contribution in [0.3, 0.4) is 0 Å². The molecule has 0 spiro atoms. The number of carbonyl (C=O) groups excluding carboxylic acids is 2. The Morgan fingerprint density at radius 2 is 2.03 bits per heavy atom. The number of hydrogen-bond acceptors (Lipinski definition) is 6. The maximum Gasteiger partial charge on any atom is 0.410 e. The number of rotatable bonds is 5. The zero-order valence-electron chi connectivity index (χ0n) is 17.5. The maximum atomic E-state index is 12.5. The third-order valence-electron chi connectivity index (χ3n) is 5.02. The average Bonchev–Trinajstić information content (AvgIpc) is 3.42. The highest BCUT2D eigenvalue weighted by Crippen LogP contribution is 2.37. The van der Waals surface area contributed by atoms with Crippen LogP contribution < -0.4 is 5.32 Å². The largest absolute Gasteiger partial charge is 0.450 e. The van der Waals surface area contributed by atoms with E-state index in [9.17, 15) is 14.9 Å². The molecule has 4 rings (SSSR count). The van der Waals surface area contributed by atoms with Gasteiger partial charge in [0.2, 0.25) is 5.91 Å². The molecule has 1 N–H and O–H groups in total. The predicted octanol–water partition coefficient (Wildman–Crippen LogP) is 5.51. The summed E-state index contributed by atoms with van der Waals surface area (Å²) in [5.41, 5.74) is 2.53. The summed E-state index contributed by atoms with van der Waals surface area (Å²) in [6, 6.07) is 16.3. The van der Waals surface area contributed by atoms with E-state index in [1.165, 1.54) is 17.4 Å². The Labute approximate surface area is 194 Å². The van der Waals surface area contributed by atoms with Gasteiger partial charge in [-0.1, -0.05) is 30.3 Å². The van der Waals surface area contributed by atoms with Crippen LogP contribution in [0.15, 0.2) is 48.5 Å². The minimum absolute atomic E-state index is 0.294. The highest BCUT2D eigenvalue weighted by molar-refractivity contribution is 7.17. The Morgan fingerprint density at radius 1 is 1.22 bits per heavy atom. The molecule has 0 fully saturated rings. The second-order valence-corrected chi connectivity index (χ2v) is 9.30. The molecular formula is C24H21N3O3S2. The minimum atomic E-state index is -0.357. The molecule has 0 saturated heterocycles. The molecule has 0 saturated carbocycles. The van der Waals surface area contributed by atoms with E-state index in [-0.39, 0.29) is 12.0 Å². The number of fused-ring (bicyclic) bond motifs is 1. The molecule has 162 valence electrons. The Morgan fingerprint density at radius 3 is 2.78 bits per heavy atom. The van der Waals surface area contributed by atoms with E-state index in [1.54, 1.807) is 29.2 Å². The Bertz CT molecular complexity index is 1210. The van der Waals surface area contributed by atoms with Crippen molar-refractivity contribution < 1.29 is 14.3 Å². The SMILES string of the molecule is CCOC(=O)N1CCc2c(sc(NC(=O)/C=C/c3ccc(-c4ccccc4)s3)c2C#N)C1. The van der Waals surface area contributed by atoms with Crippen molar-refractivity contribution in [3.8, 4) is 16.5 Å². The zero-order chi connectivity index (χ0) is 22.5. The molecule has 3 heterocycles. The fourth-order valence-corrected chi connectivity index (χ4v) is 5.62. The number of benzene rings is 1. The minimum Gasteiger partial charge on any atom is -0.450 e. The van der Waals surface area contributed by atoms with Crippen LogP contribution in [0.5, 0.6) is 0 Å². The van der Waals surface area contributed by atoms with E-state index < -0.39 is 0 Å². The second kappa shape index (κ2) is 9.81. The van der Waals surface area contributed by atoms with Crippen molar-refractivity contribution in [2.75, 3.05) is 18.5 Å². The Balaban J connectivity index is 1.44. The summed E-state index contributed by atoms with van der Waals surface area (Å²) in [5, 5.41) is 13.0. The van der Waals surface area contributed by atoms with Crippen LogP contribution in [0.4, 0.5) is 9.80 Å². The molecular weight excluding hydrogens is 442 g/mol. The van der Waals surface area contributed by atoms with Crippen LogP contribution in [0.1, 0.15) is 27.8 Å². The number of ether oxygens (including phenoxy) is 1. The summed E-state index contributed by atoms with van der Waals surface area (Å²) in [7, 11) is 0. The van der Waals surface area contributed by atoms with Crippen LogP contribution in [-0.4, -0.2) is 30.1 Å². The number of hydrogen-bond donors (Lipinski definition) is 1. The molecule has 2 amide bonds.